The fourth-order valence-corrected chi connectivity index (χ4v) is 2.67. The predicted octanol–water partition coefficient (Wildman–Crippen LogP) is 2.32. The maximum atomic E-state index is 12.7. The first-order chi connectivity index (χ1) is 12.6. The molecule has 0 spiro atoms. The van der Waals surface area contributed by atoms with Gasteiger partial charge in [-0.25, -0.2) is 4.39 Å². The molecule has 2 aromatic carbocycles. The molecule has 0 bridgehead atoms. The molecule has 1 aromatic heterocycles. The van der Waals surface area contributed by atoms with Gasteiger partial charge in [-0.3, -0.25) is 14.4 Å². The lowest BCUT2D eigenvalue weighted by molar-refractivity contribution is -0.125. The van der Waals surface area contributed by atoms with E-state index in [1.165, 1.54) is 10.8 Å². The summed E-state index contributed by atoms with van der Waals surface area (Å²) in [6.07, 6.45) is 1.53. The molecular formula is C20H17FN2O3. The third kappa shape index (κ3) is 3.85. The minimum atomic E-state index is -1.13. The van der Waals surface area contributed by atoms with Crippen LogP contribution in [-0.2, 0) is 16.1 Å². The average Bonchev–Trinajstić information content (AvgIpc) is 2.68. The highest BCUT2D eigenvalue weighted by molar-refractivity contribution is 5.88. The number of alkyl halides is 1. The summed E-state index contributed by atoms with van der Waals surface area (Å²) in [7, 11) is 0. The van der Waals surface area contributed by atoms with Crippen molar-refractivity contribution in [3.8, 4) is 11.1 Å². The molecule has 5 nitrogen and oxygen atoms in total. The fourth-order valence-electron chi connectivity index (χ4n) is 2.67. The Hall–Kier alpha value is -3.28. The second kappa shape index (κ2) is 7.74. The first-order valence-corrected chi connectivity index (χ1v) is 8.11. The van der Waals surface area contributed by atoms with Crippen LogP contribution < -0.4 is 10.9 Å². The van der Waals surface area contributed by atoms with Gasteiger partial charge in [0.15, 0.2) is 5.78 Å². The van der Waals surface area contributed by atoms with Gasteiger partial charge in [0.1, 0.15) is 13.2 Å². The zero-order chi connectivity index (χ0) is 18.5. The van der Waals surface area contributed by atoms with E-state index in [4.69, 9.17) is 0 Å². The molecule has 0 saturated carbocycles. The van der Waals surface area contributed by atoms with Crippen LogP contribution in [0.5, 0.6) is 0 Å². The van der Waals surface area contributed by atoms with Gasteiger partial charge in [-0.1, -0.05) is 42.5 Å². The number of rotatable bonds is 6. The minimum Gasteiger partial charge on any atom is -0.347 e. The van der Waals surface area contributed by atoms with Gasteiger partial charge in [0.2, 0.25) is 5.91 Å². The maximum absolute atomic E-state index is 12.7. The van der Waals surface area contributed by atoms with Gasteiger partial charge in [-0.05, 0) is 28.6 Å². The number of nitrogens with one attached hydrogen (secondary N) is 1. The lowest BCUT2D eigenvalue weighted by atomic mass is 10.0. The van der Waals surface area contributed by atoms with Gasteiger partial charge in [0, 0.05) is 11.6 Å². The number of hydrogen-bond acceptors (Lipinski definition) is 3. The van der Waals surface area contributed by atoms with Gasteiger partial charge in [-0.15, -0.1) is 0 Å². The summed E-state index contributed by atoms with van der Waals surface area (Å²) >= 11 is 0. The largest absolute Gasteiger partial charge is 0.347 e. The van der Waals surface area contributed by atoms with Crippen LogP contribution in [-0.4, -0.2) is 29.5 Å². The number of nitrogens with zero attached hydrogens (tertiary/aromatic N) is 1. The molecule has 3 aromatic rings. The molecule has 0 fully saturated rings. The van der Waals surface area contributed by atoms with Crippen molar-refractivity contribution in [3.05, 3.63) is 71.1 Å². The Labute approximate surface area is 149 Å². The van der Waals surface area contributed by atoms with Crippen LogP contribution in [0.25, 0.3) is 21.9 Å². The second-order valence-corrected chi connectivity index (χ2v) is 5.87. The van der Waals surface area contributed by atoms with Crippen LogP contribution in [0.2, 0.25) is 0 Å². The molecule has 0 radical (unpaired) electrons. The topological polar surface area (TPSA) is 68.2 Å². The number of carbonyl (C=O) groups excluding carboxylic acids is 2. The van der Waals surface area contributed by atoms with E-state index in [9.17, 15) is 18.8 Å². The maximum Gasteiger partial charge on any atom is 0.258 e. The molecular weight excluding hydrogens is 335 g/mol. The van der Waals surface area contributed by atoms with Crippen LogP contribution in [0.3, 0.4) is 0 Å². The van der Waals surface area contributed by atoms with Gasteiger partial charge in [0.25, 0.3) is 5.56 Å². The molecule has 0 unspecified atom stereocenters. The fraction of sp³-hybridized carbons (Fsp3) is 0.150. The van der Waals surface area contributed by atoms with Crippen molar-refractivity contribution in [2.24, 2.45) is 0 Å². The summed E-state index contributed by atoms with van der Waals surface area (Å²) in [5.41, 5.74) is 1.60. The van der Waals surface area contributed by atoms with E-state index in [2.05, 4.69) is 5.32 Å². The van der Waals surface area contributed by atoms with Gasteiger partial charge in [-0.2, -0.15) is 0 Å². The molecule has 132 valence electrons. The number of fused-ring (bicyclic) bond motifs is 1. The molecule has 0 aliphatic carbocycles. The van der Waals surface area contributed by atoms with Crippen LogP contribution in [0.4, 0.5) is 4.39 Å². The standard InChI is InChI=1S/C20H17FN2O3/c21-11-17(24)12-22-19(25)13-23-9-8-15-6-7-16(10-18(15)20(23)26)14-4-2-1-3-5-14/h1-10H,11-13H2,(H,22,25). The van der Waals surface area contributed by atoms with Crippen molar-refractivity contribution < 1.29 is 14.0 Å². The lowest BCUT2D eigenvalue weighted by Crippen LogP contribution is -2.35. The third-order valence-corrected chi connectivity index (χ3v) is 4.03. The first kappa shape index (κ1) is 17.5. The highest BCUT2D eigenvalue weighted by Crippen LogP contribution is 2.22. The lowest BCUT2D eigenvalue weighted by Gasteiger charge is -2.09. The normalized spacial score (nSPS) is 10.7. The van der Waals surface area contributed by atoms with Gasteiger partial charge in [0.05, 0.1) is 6.54 Å². The molecule has 0 atom stereocenters. The Kier molecular flexibility index (Phi) is 5.22. The van der Waals surface area contributed by atoms with Crippen LogP contribution in [0.15, 0.2) is 65.6 Å². The number of ketones is 1. The Morgan fingerprint density at radius 3 is 2.50 bits per heavy atom. The Balaban J connectivity index is 1.88. The van der Waals surface area contributed by atoms with Gasteiger partial charge < -0.3 is 9.88 Å². The zero-order valence-electron chi connectivity index (χ0n) is 13.9. The number of amides is 1. The smallest absolute Gasteiger partial charge is 0.258 e. The molecule has 1 heterocycles. The monoisotopic (exact) mass is 352 g/mol. The zero-order valence-corrected chi connectivity index (χ0v) is 13.9. The van der Waals surface area contributed by atoms with Crippen molar-refractivity contribution in [1.82, 2.24) is 9.88 Å². The van der Waals surface area contributed by atoms with E-state index < -0.39 is 18.4 Å². The molecule has 0 aliphatic rings. The number of halogens is 1. The predicted molar refractivity (Wildman–Crippen MR) is 97.6 cm³/mol. The summed E-state index contributed by atoms with van der Waals surface area (Å²) < 4.78 is 13.4. The molecule has 26 heavy (non-hydrogen) atoms. The highest BCUT2D eigenvalue weighted by Gasteiger charge is 2.10. The van der Waals surface area contributed by atoms with Crippen molar-refractivity contribution >= 4 is 22.5 Å². The van der Waals surface area contributed by atoms with Crippen molar-refractivity contribution in [1.29, 1.82) is 0 Å². The second-order valence-electron chi connectivity index (χ2n) is 5.87. The number of benzene rings is 2. The summed E-state index contributed by atoms with van der Waals surface area (Å²) in [6, 6.07) is 17.0. The van der Waals surface area contributed by atoms with Gasteiger partial charge >= 0.3 is 0 Å². The summed E-state index contributed by atoms with van der Waals surface area (Å²) in [6.45, 7) is -1.74. The number of hydrogen-bond donors (Lipinski definition) is 1. The van der Waals surface area contributed by atoms with Crippen LogP contribution in [0.1, 0.15) is 0 Å². The van der Waals surface area contributed by atoms with Crippen molar-refractivity contribution in [2.45, 2.75) is 6.54 Å². The van der Waals surface area contributed by atoms with Crippen molar-refractivity contribution in [3.63, 3.8) is 0 Å². The molecule has 1 N–H and O–H groups in total. The SMILES string of the molecule is O=C(CF)CNC(=O)Cn1ccc2ccc(-c3ccccc3)cc2c1=O. The van der Waals surface area contributed by atoms with E-state index in [1.54, 1.807) is 12.1 Å². The quantitative estimate of drug-likeness (QED) is 0.740. The summed E-state index contributed by atoms with van der Waals surface area (Å²) in [4.78, 5) is 35.5. The first-order valence-electron chi connectivity index (χ1n) is 8.11. The number of pyridine rings is 1. The summed E-state index contributed by atoms with van der Waals surface area (Å²) in [5, 5.41) is 3.58. The van der Waals surface area contributed by atoms with Crippen molar-refractivity contribution in [2.75, 3.05) is 13.2 Å². The number of Topliss-reactive ketones (excluding diaryl/α,β-unsaturated/α-hetero) is 1. The number of carbonyl (C=O) groups is 2. The molecule has 6 heteroatoms. The average molecular weight is 352 g/mol. The van der Waals surface area contributed by atoms with Crippen LogP contribution in [0, 0.1) is 0 Å². The van der Waals surface area contributed by atoms with Crippen LogP contribution >= 0.6 is 0 Å². The minimum absolute atomic E-state index is 0.232. The molecule has 3 rings (SSSR count). The van der Waals surface area contributed by atoms with E-state index in [-0.39, 0.29) is 18.6 Å². The molecule has 0 aliphatic heterocycles. The Morgan fingerprint density at radius 1 is 1.00 bits per heavy atom. The highest BCUT2D eigenvalue weighted by atomic mass is 19.1. The van der Waals surface area contributed by atoms with E-state index in [0.29, 0.717) is 5.39 Å². The number of aromatic nitrogens is 1. The van der Waals surface area contributed by atoms with E-state index >= 15 is 0 Å². The summed E-state index contributed by atoms with van der Waals surface area (Å²) in [5.74, 6) is -1.23. The molecule has 0 saturated heterocycles. The molecule has 1 amide bonds. The van der Waals surface area contributed by atoms with E-state index in [1.807, 2.05) is 42.5 Å². The Morgan fingerprint density at radius 2 is 1.77 bits per heavy atom. The Bertz CT molecular complexity index is 1010. The van der Waals surface area contributed by atoms with E-state index in [0.717, 1.165) is 16.5 Å². The third-order valence-electron chi connectivity index (χ3n) is 4.03.